The Morgan fingerprint density at radius 3 is 2.42 bits per heavy atom. The summed E-state index contributed by atoms with van der Waals surface area (Å²) in [7, 11) is 0. The molecule has 0 radical (unpaired) electrons. The molecule has 31 heavy (non-hydrogen) atoms. The van der Waals surface area contributed by atoms with Crippen molar-refractivity contribution in [3.63, 3.8) is 0 Å². The van der Waals surface area contributed by atoms with Crippen LogP contribution in [0.1, 0.15) is 29.3 Å². The molecule has 1 aliphatic rings. The fourth-order valence-corrected chi connectivity index (χ4v) is 3.25. The van der Waals surface area contributed by atoms with E-state index in [-0.39, 0.29) is 12.5 Å². The number of amides is 2. The van der Waals surface area contributed by atoms with Crippen LogP contribution in [0.3, 0.4) is 0 Å². The van der Waals surface area contributed by atoms with Crippen molar-refractivity contribution in [1.82, 2.24) is 9.88 Å². The van der Waals surface area contributed by atoms with Gasteiger partial charge in [-0.25, -0.2) is 9.78 Å². The van der Waals surface area contributed by atoms with Crippen molar-refractivity contribution in [2.75, 3.05) is 43.0 Å². The number of pyridine rings is 1. The number of carbonyl (C=O) groups is 2. The highest BCUT2D eigenvalue weighted by atomic mass is 19.4. The van der Waals surface area contributed by atoms with Gasteiger partial charge in [0, 0.05) is 43.6 Å². The van der Waals surface area contributed by atoms with Gasteiger partial charge in [0.05, 0.1) is 12.2 Å². The predicted molar refractivity (Wildman–Crippen MR) is 109 cm³/mol. The SMILES string of the molecule is CCOC(=O)Nc1ccc(C(=O)N2CCCN(c3ccc(C(F)(F)F)cn3)CC2)cc1. The van der Waals surface area contributed by atoms with Crippen molar-refractivity contribution in [2.45, 2.75) is 19.5 Å². The van der Waals surface area contributed by atoms with Crippen LogP contribution in [0.2, 0.25) is 0 Å². The maximum Gasteiger partial charge on any atom is 0.417 e. The molecule has 0 spiro atoms. The third-order valence-corrected chi connectivity index (χ3v) is 4.84. The molecule has 1 fully saturated rings. The van der Waals surface area contributed by atoms with Gasteiger partial charge in [-0.15, -0.1) is 0 Å². The minimum Gasteiger partial charge on any atom is -0.450 e. The first kappa shape index (κ1) is 22.4. The van der Waals surface area contributed by atoms with Crippen LogP contribution in [0, 0.1) is 0 Å². The quantitative estimate of drug-likeness (QED) is 0.784. The number of halogens is 3. The smallest absolute Gasteiger partial charge is 0.417 e. The van der Waals surface area contributed by atoms with Gasteiger partial charge in [-0.1, -0.05) is 0 Å². The number of aromatic nitrogens is 1. The number of benzene rings is 1. The van der Waals surface area contributed by atoms with Crippen LogP contribution in [0.5, 0.6) is 0 Å². The molecule has 2 aromatic rings. The molecular weight excluding hydrogens is 413 g/mol. The molecule has 1 aromatic carbocycles. The number of nitrogens with one attached hydrogen (secondary N) is 1. The second-order valence-corrected chi connectivity index (χ2v) is 6.96. The van der Waals surface area contributed by atoms with Gasteiger partial charge in [0.2, 0.25) is 0 Å². The van der Waals surface area contributed by atoms with E-state index in [0.29, 0.717) is 49.7 Å². The van der Waals surface area contributed by atoms with E-state index in [1.54, 1.807) is 36.1 Å². The highest BCUT2D eigenvalue weighted by Gasteiger charge is 2.31. The molecule has 10 heteroatoms. The number of hydrogen-bond donors (Lipinski definition) is 1. The Labute approximate surface area is 177 Å². The molecule has 0 aliphatic carbocycles. The van der Waals surface area contributed by atoms with Crippen molar-refractivity contribution in [3.05, 3.63) is 53.7 Å². The lowest BCUT2D eigenvalue weighted by Gasteiger charge is -2.23. The molecule has 1 aromatic heterocycles. The van der Waals surface area contributed by atoms with E-state index in [4.69, 9.17) is 4.74 Å². The van der Waals surface area contributed by atoms with E-state index in [1.807, 2.05) is 4.90 Å². The lowest BCUT2D eigenvalue weighted by molar-refractivity contribution is -0.137. The standard InChI is InChI=1S/C21H23F3N4O3/c1-2-31-20(30)26-17-7-4-15(5-8-17)19(29)28-11-3-10-27(12-13-28)18-9-6-16(14-25-18)21(22,23)24/h4-9,14H,2-3,10-13H2,1H3,(H,26,30). The van der Waals surface area contributed by atoms with E-state index in [2.05, 4.69) is 10.3 Å². The van der Waals surface area contributed by atoms with Crippen molar-refractivity contribution in [2.24, 2.45) is 0 Å². The fourth-order valence-electron chi connectivity index (χ4n) is 3.25. The monoisotopic (exact) mass is 436 g/mol. The minimum atomic E-state index is -4.42. The maximum atomic E-state index is 12.8. The van der Waals surface area contributed by atoms with Gasteiger partial charge in [0.1, 0.15) is 5.82 Å². The van der Waals surface area contributed by atoms with Gasteiger partial charge < -0.3 is 14.5 Å². The number of alkyl halides is 3. The molecule has 2 heterocycles. The zero-order chi connectivity index (χ0) is 22.4. The number of ether oxygens (including phenoxy) is 1. The van der Waals surface area contributed by atoms with Crippen LogP contribution in [-0.2, 0) is 10.9 Å². The third-order valence-electron chi connectivity index (χ3n) is 4.84. The van der Waals surface area contributed by atoms with Crippen molar-refractivity contribution in [3.8, 4) is 0 Å². The molecular formula is C21H23F3N4O3. The average Bonchev–Trinajstić information content (AvgIpc) is 3.00. The van der Waals surface area contributed by atoms with Crippen molar-refractivity contribution < 1.29 is 27.5 Å². The Bertz CT molecular complexity index is 902. The number of rotatable bonds is 4. The molecule has 0 unspecified atom stereocenters. The molecule has 166 valence electrons. The van der Waals surface area contributed by atoms with Crippen LogP contribution in [0.15, 0.2) is 42.6 Å². The van der Waals surface area contributed by atoms with E-state index < -0.39 is 17.8 Å². The number of carbonyl (C=O) groups excluding carboxylic acids is 2. The second-order valence-electron chi connectivity index (χ2n) is 6.96. The lowest BCUT2D eigenvalue weighted by atomic mass is 10.1. The van der Waals surface area contributed by atoms with Crippen LogP contribution in [0.25, 0.3) is 0 Å². The maximum absolute atomic E-state index is 12.8. The van der Waals surface area contributed by atoms with Crippen LogP contribution < -0.4 is 10.2 Å². The first-order valence-corrected chi connectivity index (χ1v) is 9.89. The van der Waals surface area contributed by atoms with Gasteiger partial charge in [-0.2, -0.15) is 13.2 Å². The van der Waals surface area contributed by atoms with E-state index >= 15 is 0 Å². The number of nitrogens with zero attached hydrogens (tertiary/aromatic N) is 3. The molecule has 1 aliphatic heterocycles. The summed E-state index contributed by atoms with van der Waals surface area (Å²) < 4.78 is 43.0. The Kier molecular flexibility index (Phi) is 6.98. The molecule has 0 saturated carbocycles. The van der Waals surface area contributed by atoms with Crippen molar-refractivity contribution >= 4 is 23.5 Å². The van der Waals surface area contributed by atoms with Crippen LogP contribution in [-0.4, -0.2) is 54.7 Å². The van der Waals surface area contributed by atoms with Gasteiger partial charge >= 0.3 is 12.3 Å². The molecule has 1 saturated heterocycles. The zero-order valence-electron chi connectivity index (χ0n) is 17.0. The molecule has 3 rings (SSSR count). The van der Waals surface area contributed by atoms with Gasteiger partial charge in [0.25, 0.3) is 5.91 Å². The Morgan fingerprint density at radius 1 is 1.06 bits per heavy atom. The summed E-state index contributed by atoms with van der Waals surface area (Å²) in [5, 5.41) is 2.57. The molecule has 2 amide bonds. The highest BCUT2D eigenvalue weighted by molar-refractivity contribution is 5.95. The van der Waals surface area contributed by atoms with Crippen molar-refractivity contribution in [1.29, 1.82) is 0 Å². The predicted octanol–water partition coefficient (Wildman–Crippen LogP) is 4.02. The molecule has 0 bridgehead atoms. The largest absolute Gasteiger partial charge is 0.450 e. The first-order chi connectivity index (χ1) is 14.8. The summed E-state index contributed by atoms with van der Waals surface area (Å²) in [5.74, 6) is 0.307. The summed E-state index contributed by atoms with van der Waals surface area (Å²) in [4.78, 5) is 31.8. The Morgan fingerprint density at radius 2 is 1.81 bits per heavy atom. The summed E-state index contributed by atoms with van der Waals surface area (Å²) >= 11 is 0. The van der Waals surface area contributed by atoms with E-state index in [1.165, 1.54) is 6.07 Å². The Hall–Kier alpha value is -3.30. The first-order valence-electron chi connectivity index (χ1n) is 9.89. The van der Waals surface area contributed by atoms with E-state index in [9.17, 15) is 22.8 Å². The second kappa shape index (κ2) is 9.67. The number of anilines is 2. The Balaban J connectivity index is 1.60. The molecule has 7 nitrogen and oxygen atoms in total. The lowest BCUT2D eigenvalue weighted by Crippen LogP contribution is -2.35. The van der Waals surface area contributed by atoms with E-state index in [0.717, 1.165) is 12.3 Å². The van der Waals surface area contributed by atoms with Gasteiger partial charge in [-0.05, 0) is 49.7 Å². The fraction of sp³-hybridized carbons (Fsp3) is 0.381. The van der Waals surface area contributed by atoms with Gasteiger partial charge in [0.15, 0.2) is 0 Å². The molecule has 1 N–H and O–H groups in total. The zero-order valence-corrected chi connectivity index (χ0v) is 17.0. The third kappa shape index (κ3) is 5.87. The summed E-state index contributed by atoms with van der Waals surface area (Å²) in [6.07, 6.45) is -3.49. The minimum absolute atomic E-state index is 0.148. The van der Waals surface area contributed by atoms with Crippen LogP contribution in [0.4, 0.5) is 29.5 Å². The summed E-state index contributed by atoms with van der Waals surface area (Å²) in [5.41, 5.74) is 0.213. The van der Waals surface area contributed by atoms with Gasteiger partial charge in [-0.3, -0.25) is 10.1 Å². The summed E-state index contributed by atoms with van der Waals surface area (Å²) in [6, 6.07) is 8.88. The van der Waals surface area contributed by atoms with Crippen LogP contribution >= 0.6 is 0 Å². The topological polar surface area (TPSA) is 74.8 Å². The number of hydrogen-bond acceptors (Lipinski definition) is 5. The average molecular weight is 436 g/mol. The summed E-state index contributed by atoms with van der Waals surface area (Å²) in [6.45, 7) is 3.97. The highest BCUT2D eigenvalue weighted by Crippen LogP contribution is 2.29. The molecule has 0 atom stereocenters. The normalized spacial score (nSPS) is 14.7.